The molecule has 0 aliphatic carbocycles. The normalized spacial score (nSPS) is 34.3. The maximum atomic E-state index is 12.3. The van der Waals surface area contributed by atoms with E-state index in [1.807, 2.05) is 26.0 Å². The van der Waals surface area contributed by atoms with Crippen LogP contribution in [-0.4, -0.2) is 71.8 Å². The molecule has 38 heavy (non-hydrogen) atoms. The topological polar surface area (TPSA) is 136 Å². The zero-order valence-electron chi connectivity index (χ0n) is 23.0. The van der Waals surface area contributed by atoms with E-state index >= 15 is 0 Å². The highest BCUT2D eigenvalue weighted by Crippen LogP contribution is 2.43. The highest BCUT2D eigenvalue weighted by atomic mass is 16.6. The molecule has 0 unspecified atom stereocenters. The molecule has 2 amide bonds. The molecular weight excluding hydrogens is 492 g/mol. The maximum absolute atomic E-state index is 12.3. The van der Waals surface area contributed by atoms with Crippen molar-refractivity contribution in [2.75, 3.05) is 6.61 Å². The Labute approximate surface area is 224 Å². The van der Waals surface area contributed by atoms with Gasteiger partial charge in [0.1, 0.15) is 6.10 Å². The summed E-state index contributed by atoms with van der Waals surface area (Å²) in [5.74, 6) is -0.841. The Morgan fingerprint density at radius 3 is 2.55 bits per heavy atom. The van der Waals surface area contributed by atoms with Crippen LogP contribution in [0.1, 0.15) is 66.7 Å². The fraction of sp³-hybridized carbons (Fsp3) is 0.679. The van der Waals surface area contributed by atoms with Crippen molar-refractivity contribution < 1.29 is 38.5 Å². The summed E-state index contributed by atoms with van der Waals surface area (Å²) in [6, 6.07) is -0.103. The van der Waals surface area contributed by atoms with Crippen molar-refractivity contribution in [3.05, 3.63) is 36.0 Å². The van der Waals surface area contributed by atoms with Crippen LogP contribution in [0.25, 0.3) is 0 Å². The molecule has 1 spiro atoms. The van der Waals surface area contributed by atoms with Gasteiger partial charge < -0.3 is 24.3 Å². The Balaban J connectivity index is 1.47. The maximum Gasteiger partial charge on any atom is 0.303 e. The van der Waals surface area contributed by atoms with Gasteiger partial charge in [0.05, 0.1) is 49.1 Å². The number of rotatable bonds is 10. The van der Waals surface area contributed by atoms with E-state index in [0.717, 1.165) is 24.8 Å². The summed E-state index contributed by atoms with van der Waals surface area (Å²) in [7, 11) is 0. The van der Waals surface area contributed by atoms with Crippen LogP contribution < -0.4 is 10.8 Å². The number of ether oxygens (including phenoxy) is 4. The molecule has 3 N–H and O–H groups in total. The average Bonchev–Trinajstić information content (AvgIpc) is 3.59. The molecule has 3 fully saturated rings. The lowest BCUT2D eigenvalue weighted by molar-refractivity contribution is -0.143. The third-order valence-corrected chi connectivity index (χ3v) is 7.29. The van der Waals surface area contributed by atoms with E-state index in [9.17, 15) is 14.4 Å². The van der Waals surface area contributed by atoms with Crippen LogP contribution in [0.15, 0.2) is 36.0 Å². The van der Waals surface area contributed by atoms with Crippen LogP contribution in [0.3, 0.4) is 0 Å². The predicted molar refractivity (Wildman–Crippen MR) is 139 cm³/mol. The number of nitrogens with one attached hydrogen (secondary N) is 2. The zero-order valence-corrected chi connectivity index (χ0v) is 23.0. The number of hydroxylamine groups is 1. The molecule has 212 valence electrons. The van der Waals surface area contributed by atoms with E-state index in [0.29, 0.717) is 13.0 Å². The van der Waals surface area contributed by atoms with Gasteiger partial charge >= 0.3 is 5.97 Å². The first kappa shape index (κ1) is 30.0. The first-order valence-electron chi connectivity index (χ1n) is 13.4. The van der Waals surface area contributed by atoms with Crippen LogP contribution in [0, 0.1) is 5.92 Å². The molecule has 10 nitrogen and oxygen atoms in total. The van der Waals surface area contributed by atoms with Crippen molar-refractivity contribution in [2.45, 2.75) is 109 Å². The Morgan fingerprint density at radius 2 is 1.89 bits per heavy atom. The highest BCUT2D eigenvalue weighted by Gasteiger charge is 2.51. The number of hydrogen-bond acceptors (Lipinski definition) is 8. The van der Waals surface area contributed by atoms with Crippen LogP contribution in [0.4, 0.5) is 0 Å². The summed E-state index contributed by atoms with van der Waals surface area (Å²) in [5, 5.41) is 11.8. The number of allylic oxidation sites excluding steroid dienone is 2. The molecule has 0 bridgehead atoms. The SMILES string of the molecule is CC(=O)O[C@@H](C)/C=C\C(=O)N[C@@H]1C[C@H](C)[C@H](C/C=C(C)/C=C/[C@@H]2C[C@@]3(CO3)C[C@@H](CC(=O)NO)O2)O[C@@H]1C. The quantitative estimate of drug-likeness (QED) is 0.0972. The Bertz CT molecular complexity index is 941. The minimum absolute atomic E-state index is 0.0384. The molecule has 10 heteroatoms. The fourth-order valence-corrected chi connectivity index (χ4v) is 5.13. The largest absolute Gasteiger partial charge is 0.459 e. The van der Waals surface area contributed by atoms with Crippen LogP contribution >= 0.6 is 0 Å². The summed E-state index contributed by atoms with van der Waals surface area (Å²) in [6.07, 6.45) is 11.2. The van der Waals surface area contributed by atoms with E-state index in [2.05, 4.69) is 18.3 Å². The molecule has 0 aromatic heterocycles. The fourth-order valence-electron chi connectivity index (χ4n) is 5.13. The zero-order chi connectivity index (χ0) is 27.9. The van der Waals surface area contributed by atoms with Gasteiger partial charge in [-0.3, -0.25) is 19.6 Å². The van der Waals surface area contributed by atoms with Gasteiger partial charge in [-0.2, -0.15) is 0 Å². The first-order chi connectivity index (χ1) is 18.0. The molecule has 3 heterocycles. The van der Waals surface area contributed by atoms with Gasteiger partial charge in [0.2, 0.25) is 11.8 Å². The molecule has 0 radical (unpaired) electrons. The lowest BCUT2D eigenvalue weighted by atomic mass is 9.88. The minimum Gasteiger partial charge on any atom is -0.459 e. The number of amides is 2. The number of epoxide rings is 1. The average molecular weight is 535 g/mol. The smallest absolute Gasteiger partial charge is 0.303 e. The third kappa shape index (κ3) is 9.34. The van der Waals surface area contributed by atoms with Crippen molar-refractivity contribution in [1.29, 1.82) is 0 Å². The number of esters is 1. The molecular formula is C28H42N2O8. The molecule has 8 atom stereocenters. The first-order valence-corrected chi connectivity index (χ1v) is 13.4. The van der Waals surface area contributed by atoms with E-state index in [1.54, 1.807) is 18.5 Å². The van der Waals surface area contributed by atoms with Crippen molar-refractivity contribution in [3.63, 3.8) is 0 Å². The summed E-state index contributed by atoms with van der Waals surface area (Å²) in [4.78, 5) is 34.9. The molecule has 3 rings (SSSR count). The molecule has 3 aliphatic heterocycles. The Morgan fingerprint density at radius 1 is 1.16 bits per heavy atom. The summed E-state index contributed by atoms with van der Waals surface area (Å²) < 4.78 is 23.0. The molecule has 3 aliphatic rings. The highest BCUT2D eigenvalue weighted by molar-refractivity contribution is 5.87. The second-order valence-corrected chi connectivity index (χ2v) is 10.8. The van der Waals surface area contributed by atoms with Gasteiger partial charge in [0.15, 0.2) is 0 Å². The van der Waals surface area contributed by atoms with Gasteiger partial charge in [0.25, 0.3) is 0 Å². The van der Waals surface area contributed by atoms with E-state index in [4.69, 9.17) is 24.2 Å². The van der Waals surface area contributed by atoms with Crippen molar-refractivity contribution in [2.24, 2.45) is 5.92 Å². The molecule has 0 saturated carbocycles. The summed E-state index contributed by atoms with van der Waals surface area (Å²) in [5.41, 5.74) is 2.54. The molecule has 0 aromatic rings. The van der Waals surface area contributed by atoms with E-state index < -0.39 is 18.0 Å². The predicted octanol–water partition coefficient (Wildman–Crippen LogP) is 2.90. The van der Waals surface area contributed by atoms with Crippen molar-refractivity contribution >= 4 is 17.8 Å². The Kier molecular flexibility index (Phi) is 10.7. The number of carbonyl (C=O) groups excluding carboxylic acids is 3. The van der Waals surface area contributed by atoms with Gasteiger partial charge in [-0.15, -0.1) is 0 Å². The minimum atomic E-state index is -0.465. The van der Waals surface area contributed by atoms with E-state index in [-0.39, 0.29) is 54.3 Å². The lowest BCUT2D eigenvalue weighted by Crippen LogP contribution is -2.50. The molecule has 0 aromatic carbocycles. The number of hydrogen-bond donors (Lipinski definition) is 3. The summed E-state index contributed by atoms with van der Waals surface area (Å²) in [6.45, 7) is 9.83. The second kappa shape index (κ2) is 13.5. The lowest BCUT2D eigenvalue weighted by Gasteiger charge is -2.39. The summed E-state index contributed by atoms with van der Waals surface area (Å²) >= 11 is 0. The van der Waals surface area contributed by atoms with Crippen LogP contribution in [0.5, 0.6) is 0 Å². The van der Waals surface area contributed by atoms with Gasteiger partial charge in [-0.1, -0.05) is 30.7 Å². The number of carbonyl (C=O) groups is 3. The van der Waals surface area contributed by atoms with Gasteiger partial charge in [0, 0.05) is 25.8 Å². The van der Waals surface area contributed by atoms with Gasteiger partial charge in [-0.05, 0) is 45.6 Å². The van der Waals surface area contributed by atoms with Gasteiger partial charge in [-0.25, -0.2) is 5.48 Å². The van der Waals surface area contributed by atoms with Crippen molar-refractivity contribution in [1.82, 2.24) is 10.8 Å². The Hall–Kier alpha value is -2.53. The second-order valence-electron chi connectivity index (χ2n) is 10.8. The van der Waals surface area contributed by atoms with Crippen molar-refractivity contribution in [3.8, 4) is 0 Å². The van der Waals surface area contributed by atoms with Crippen LogP contribution in [0.2, 0.25) is 0 Å². The third-order valence-electron chi connectivity index (χ3n) is 7.29. The monoisotopic (exact) mass is 534 g/mol. The molecule has 3 saturated heterocycles. The van der Waals surface area contributed by atoms with E-state index in [1.165, 1.54) is 13.0 Å². The van der Waals surface area contributed by atoms with Crippen LogP contribution in [-0.2, 0) is 33.3 Å². The standard InChI is InChI=1S/C28H42N2O8/c1-17(6-9-22-14-28(16-35-28)15-23(38-22)13-27(33)30-34)7-10-25-18(2)12-24(20(4)37-25)29-26(32)11-8-19(3)36-21(5)31/h6-9,11,18-20,22-25,34H,10,12-16H2,1-5H3,(H,29,32)(H,30,33)/b9-6+,11-8-,17-7+/t18-,19-,20+,22+,23+,24+,25-,28-/m0/s1.